The van der Waals surface area contributed by atoms with Gasteiger partial charge in [-0.1, -0.05) is 24.3 Å². The Morgan fingerprint density at radius 3 is 2.05 bits per heavy atom. The molecule has 0 aliphatic heterocycles. The third kappa shape index (κ3) is 7.60. The monoisotopic (exact) mass is 514 g/mol. The molecule has 2 heterocycles. The Bertz CT molecular complexity index is 1190. The number of alkyl halides is 3. The molecule has 3 rings (SSSR count). The molecule has 2 aromatic heterocycles. The van der Waals surface area contributed by atoms with Gasteiger partial charge in [-0.15, -0.1) is 0 Å². The van der Waals surface area contributed by atoms with E-state index in [0.717, 1.165) is 5.56 Å². The van der Waals surface area contributed by atoms with E-state index in [1.165, 1.54) is 43.8 Å². The number of pyridine rings is 2. The molecule has 1 unspecified atom stereocenters. The van der Waals surface area contributed by atoms with Crippen molar-refractivity contribution in [2.75, 3.05) is 20.2 Å². The summed E-state index contributed by atoms with van der Waals surface area (Å²) in [6.45, 7) is -0.290. The van der Waals surface area contributed by atoms with Crippen molar-refractivity contribution >= 4 is 17.8 Å². The highest BCUT2D eigenvalue weighted by molar-refractivity contribution is 5.92. The van der Waals surface area contributed by atoms with Crippen LogP contribution in [0.4, 0.5) is 13.2 Å². The number of methoxy groups -OCH3 is 1. The van der Waals surface area contributed by atoms with E-state index >= 15 is 0 Å². The average Bonchev–Trinajstić information content (AvgIpc) is 2.91. The Labute approximate surface area is 211 Å². The molecule has 1 aromatic carbocycles. The van der Waals surface area contributed by atoms with Crippen LogP contribution in [0.2, 0.25) is 0 Å². The number of rotatable bonds is 10. The van der Waals surface area contributed by atoms with Gasteiger partial charge in [0.2, 0.25) is 5.91 Å². The lowest BCUT2D eigenvalue weighted by molar-refractivity contribution is -0.188. The third-order valence-corrected chi connectivity index (χ3v) is 5.51. The lowest BCUT2D eigenvalue weighted by atomic mass is 10.0. The summed E-state index contributed by atoms with van der Waals surface area (Å²) in [5, 5.41) is 2.63. The van der Waals surface area contributed by atoms with E-state index in [-0.39, 0.29) is 24.1 Å². The summed E-state index contributed by atoms with van der Waals surface area (Å²) in [5.74, 6) is -3.59. The van der Waals surface area contributed by atoms with Gasteiger partial charge in [0.25, 0.3) is 0 Å². The Balaban J connectivity index is 1.92. The van der Waals surface area contributed by atoms with Crippen LogP contribution in [0.15, 0.2) is 73.3 Å². The number of nitrogens with zero attached hydrogens (tertiary/aromatic N) is 3. The van der Waals surface area contributed by atoms with Crippen LogP contribution in [0.25, 0.3) is 0 Å². The summed E-state index contributed by atoms with van der Waals surface area (Å²) in [6.07, 6.45) is 1.41. The molecule has 0 aliphatic carbocycles. The minimum absolute atomic E-state index is 0.0371. The standard InChI is InChI=1S/C26H25F3N4O4/c1-37-24(35)21-8-6-20(7-9-21)22(23(34)32-14-10-18-4-2-12-30-16-18)33(25(36)26(27,28)29)15-11-19-5-3-13-31-17-19/h2-9,12-13,16-17,22H,10-11,14-15H2,1H3,(H,32,34). The van der Waals surface area contributed by atoms with Gasteiger partial charge < -0.3 is 15.0 Å². The first-order valence-corrected chi connectivity index (χ1v) is 11.3. The maximum absolute atomic E-state index is 13.7. The molecule has 194 valence electrons. The molecule has 0 spiro atoms. The van der Waals surface area contributed by atoms with Crippen molar-refractivity contribution in [2.24, 2.45) is 0 Å². The average molecular weight is 515 g/mol. The van der Waals surface area contributed by atoms with Gasteiger partial charge in [-0.2, -0.15) is 13.2 Å². The summed E-state index contributed by atoms with van der Waals surface area (Å²) in [5.41, 5.74) is 1.67. The zero-order chi connectivity index (χ0) is 26.8. The molecule has 2 amide bonds. The number of esters is 1. The normalized spacial score (nSPS) is 11.9. The topological polar surface area (TPSA) is 101 Å². The molecule has 0 aliphatic rings. The van der Waals surface area contributed by atoms with Gasteiger partial charge in [0.1, 0.15) is 6.04 Å². The number of hydrogen-bond donors (Lipinski definition) is 1. The first-order chi connectivity index (χ1) is 17.7. The zero-order valence-corrected chi connectivity index (χ0v) is 19.9. The van der Waals surface area contributed by atoms with Crippen LogP contribution in [-0.2, 0) is 27.2 Å². The number of hydrogen-bond acceptors (Lipinski definition) is 6. The molecule has 0 fully saturated rings. The lowest BCUT2D eigenvalue weighted by Gasteiger charge is -2.32. The van der Waals surface area contributed by atoms with E-state index in [2.05, 4.69) is 20.0 Å². The van der Waals surface area contributed by atoms with Crippen molar-refractivity contribution in [2.45, 2.75) is 25.1 Å². The van der Waals surface area contributed by atoms with Crippen molar-refractivity contribution in [3.05, 3.63) is 95.6 Å². The van der Waals surface area contributed by atoms with E-state index in [0.29, 0.717) is 16.9 Å². The molecule has 37 heavy (non-hydrogen) atoms. The van der Waals surface area contributed by atoms with Crippen LogP contribution in [0, 0.1) is 0 Å². The van der Waals surface area contributed by atoms with Gasteiger partial charge in [-0.05, 0) is 53.8 Å². The van der Waals surface area contributed by atoms with Gasteiger partial charge >= 0.3 is 18.1 Å². The Morgan fingerprint density at radius 1 is 0.946 bits per heavy atom. The molecule has 0 saturated carbocycles. The van der Waals surface area contributed by atoms with E-state index in [4.69, 9.17) is 0 Å². The van der Waals surface area contributed by atoms with Crippen molar-refractivity contribution in [3.63, 3.8) is 0 Å². The quantitative estimate of drug-likeness (QED) is 0.417. The highest BCUT2D eigenvalue weighted by Crippen LogP contribution is 2.28. The van der Waals surface area contributed by atoms with Crippen molar-refractivity contribution in [1.82, 2.24) is 20.2 Å². The van der Waals surface area contributed by atoms with Gasteiger partial charge in [0.15, 0.2) is 0 Å². The molecule has 1 N–H and O–H groups in total. The van der Waals surface area contributed by atoms with Crippen molar-refractivity contribution < 1.29 is 32.3 Å². The highest BCUT2D eigenvalue weighted by Gasteiger charge is 2.46. The van der Waals surface area contributed by atoms with Crippen LogP contribution in [0.3, 0.4) is 0 Å². The minimum atomic E-state index is -5.21. The Kier molecular flexibility index (Phi) is 9.31. The van der Waals surface area contributed by atoms with E-state index in [9.17, 15) is 27.6 Å². The number of ether oxygens (including phenoxy) is 1. The number of nitrogens with one attached hydrogen (secondary N) is 1. The van der Waals surface area contributed by atoms with E-state index in [1.807, 2.05) is 0 Å². The second-order valence-corrected chi connectivity index (χ2v) is 8.03. The number of halogens is 3. The molecule has 0 bridgehead atoms. The summed E-state index contributed by atoms with van der Waals surface area (Å²) in [7, 11) is 1.19. The molecular weight excluding hydrogens is 489 g/mol. The van der Waals surface area contributed by atoms with Crippen LogP contribution in [0.5, 0.6) is 0 Å². The van der Waals surface area contributed by atoms with Crippen LogP contribution in [0.1, 0.15) is 33.1 Å². The summed E-state index contributed by atoms with van der Waals surface area (Å²) in [4.78, 5) is 46.1. The number of amides is 2. The number of benzene rings is 1. The van der Waals surface area contributed by atoms with Gasteiger partial charge in [0.05, 0.1) is 12.7 Å². The number of carbonyl (C=O) groups is 3. The van der Waals surface area contributed by atoms with E-state index < -0.39 is 36.5 Å². The Morgan fingerprint density at radius 2 is 1.54 bits per heavy atom. The zero-order valence-electron chi connectivity index (χ0n) is 19.9. The first kappa shape index (κ1) is 27.3. The molecule has 1 atom stereocenters. The van der Waals surface area contributed by atoms with Crippen LogP contribution >= 0.6 is 0 Å². The predicted molar refractivity (Wildman–Crippen MR) is 127 cm³/mol. The smallest absolute Gasteiger partial charge is 0.465 e. The maximum atomic E-state index is 13.7. The van der Waals surface area contributed by atoms with Crippen LogP contribution in [-0.4, -0.2) is 59.0 Å². The summed E-state index contributed by atoms with van der Waals surface area (Å²) >= 11 is 0. The van der Waals surface area contributed by atoms with Gasteiger partial charge in [-0.25, -0.2) is 4.79 Å². The second kappa shape index (κ2) is 12.6. The maximum Gasteiger partial charge on any atom is 0.471 e. The molecule has 11 heteroatoms. The first-order valence-electron chi connectivity index (χ1n) is 11.3. The number of aromatic nitrogens is 2. The second-order valence-electron chi connectivity index (χ2n) is 8.03. The number of carbonyl (C=O) groups excluding carboxylic acids is 3. The van der Waals surface area contributed by atoms with Crippen LogP contribution < -0.4 is 5.32 Å². The fourth-order valence-corrected chi connectivity index (χ4v) is 3.67. The lowest BCUT2D eigenvalue weighted by Crippen LogP contribution is -2.49. The molecule has 0 saturated heterocycles. The minimum Gasteiger partial charge on any atom is -0.465 e. The largest absolute Gasteiger partial charge is 0.471 e. The predicted octanol–water partition coefficient (Wildman–Crippen LogP) is 3.30. The fraction of sp³-hybridized carbons (Fsp3) is 0.269. The summed E-state index contributed by atoms with van der Waals surface area (Å²) in [6, 6.07) is 10.5. The SMILES string of the molecule is COC(=O)c1ccc(C(C(=O)NCCc2cccnc2)N(CCc2cccnc2)C(=O)C(F)(F)F)cc1. The van der Waals surface area contributed by atoms with Crippen molar-refractivity contribution in [3.8, 4) is 0 Å². The molecule has 3 aromatic rings. The Hall–Kier alpha value is -4.28. The summed E-state index contributed by atoms with van der Waals surface area (Å²) < 4.78 is 45.6. The van der Waals surface area contributed by atoms with Crippen molar-refractivity contribution in [1.29, 1.82) is 0 Å². The third-order valence-electron chi connectivity index (χ3n) is 5.51. The van der Waals surface area contributed by atoms with E-state index in [1.54, 1.807) is 36.7 Å². The van der Waals surface area contributed by atoms with Gasteiger partial charge in [0, 0.05) is 37.9 Å². The fourth-order valence-electron chi connectivity index (χ4n) is 3.67. The molecule has 0 radical (unpaired) electrons. The highest BCUT2D eigenvalue weighted by atomic mass is 19.4. The molecule has 8 nitrogen and oxygen atoms in total. The van der Waals surface area contributed by atoms with Gasteiger partial charge in [-0.3, -0.25) is 19.6 Å². The molecular formula is C26H25F3N4O4.